The number of aromatic nitrogens is 2. The van der Waals surface area contributed by atoms with Crippen molar-refractivity contribution in [3.63, 3.8) is 0 Å². The van der Waals surface area contributed by atoms with Crippen LogP contribution in [-0.4, -0.2) is 42.1 Å². The zero-order chi connectivity index (χ0) is 17.5. The lowest BCUT2D eigenvalue weighted by atomic mass is 9.96. The van der Waals surface area contributed by atoms with Gasteiger partial charge in [0.1, 0.15) is 18.2 Å². The molecule has 1 aliphatic heterocycles. The van der Waals surface area contributed by atoms with E-state index < -0.39 is 0 Å². The first kappa shape index (κ1) is 17.2. The minimum absolute atomic E-state index is 0.0619. The van der Waals surface area contributed by atoms with E-state index in [1.54, 1.807) is 18.6 Å². The number of piperidine rings is 1. The average Bonchev–Trinajstić information content (AvgIpc) is 2.66. The van der Waals surface area contributed by atoms with E-state index in [2.05, 4.69) is 20.2 Å². The predicted octanol–water partition coefficient (Wildman–Crippen LogP) is 2.20. The van der Waals surface area contributed by atoms with Crippen LogP contribution < -0.4 is 15.0 Å². The number of aryl methyl sites for hydroxylation is 1. The fraction of sp³-hybridized carbons (Fsp3) is 0.421. The van der Waals surface area contributed by atoms with Crippen molar-refractivity contribution in [1.29, 1.82) is 0 Å². The fourth-order valence-corrected chi connectivity index (χ4v) is 3.02. The molecule has 1 aliphatic rings. The number of nitrogens with zero attached hydrogens (tertiary/aromatic N) is 3. The average molecular weight is 340 g/mol. The normalized spacial score (nSPS) is 15.0. The molecule has 132 valence electrons. The third-order valence-electron chi connectivity index (χ3n) is 4.40. The maximum Gasteiger partial charge on any atom is 0.223 e. The van der Waals surface area contributed by atoms with Gasteiger partial charge in [0.2, 0.25) is 5.91 Å². The van der Waals surface area contributed by atoms with Crippen LogP contribution in [-0.2, 0) is 4.79 Å². The van der Waals surface area contributed by atoms with E-state index in [1.165, 1.54) is 0 Å². The van der Waals surface area contributed by atoms with Crippen LogP contribution in [0.5, 0.6) is 5.75 Å². The molecule has 1 fully saturated rings. The summed E-state index contributed by atoms with van der Waals surface area (Å²) >= 11 is 0. The van der Waals surface area contributed by atoms with Gasteiger partial charge in [-0.15, -0.1) is 0 Å². The number of rotatable bonds is 6. The number of hydrogen-bond donors (Lipinski definition) is 1. The molecule has 6 heteroatoms. The number of ether oxygens (including phenoxy) is 1. The molecule has 0 atom stereocenters. The Morgan fingerprint density at radius 2 is 2.16 bits per heavy atom. The Bertz CT molecular complexity index is 685. The summed E-state index contributed by atoms with van der Waals surface area (Å²) in [4.78, 5) is 22.9. The molecule has 0 spiro atoms. The largest absolute Gasteiger partial charge is 0.492 e. The highest BCUT2D eigenvalue weighted by molar-refractivity contribution is 5.78. The van der Waals surface area contributed by atoms with E-state index in [4.69, 9.17) is 4.74 Å². The van der Waals surface area contributed by atoms with Gasteiger partial charge in [0.05, 0.1) is 12.7 Å². The summed E-state index contributed by atoms with van der Waals surface area (Å²) in [6.45, 7) is 4.69. The Hall–Kier alpha value is -2.63. The third-order valence-corrected chi connectivity index (χ3v) is 4.40. The van der Waals surface area contributed by atoms with Crippen LogP contribution in [0.3, 0.4) is 0 Å². The van der Waals surface area contributed by atoms with E-state index in [9.17, 15) is 4.79 Å². The predicted molar refractivity (Wildman–Crippen MR) is 96.7 cm³/mol. The Labute approximate surface area is 148 Å². The molecule has 1 aromatic heterocycles. The van der Waals surface area contributed by atoms with Gasteiger partial charge in [-0.1, -0.05) is 12.1 Å². The molecule has 1 amide bonds. The molecule has 0 unspecified atom stereocenters. The molecule has 25 heavy (non-hydrogen) atoms. The van der Waals surface area contributed by atoms with Crippen molar-refractivity contribution >= 4 is 11.7 Å². The molecule has 0 saturated carbocycles. The van der Waals surface area contributed by atoms with Gasteiger partial charge in [0.15, 0.2) is 0 Å². The lowest BCUT2D eigenvalue weighted by Crippen LogP contribution is -2.41. The molecule has 1 N–H and O–H groups in total. The minimum atomic E-state index is 0.0619. The summed E-state index contributed by atoms with van der Waals surface area (Å²) in [6, 6.07) is 7.91. The van der Waals surface area contributed by atoms with E-state index >= 15 is 0 Å². The third kappa shape index (κ3) is 4.92. The fourth-order valence-electron chi connectivity index (χ4n) is 3.02. The van der Waals surface area contributed by atoms with Gasteiger partial charge in [-0.05, 0) is 37.5 Å². The number of anilines is 1. The lowest BCUT2D eigenvalue weighted by Gasteiger charge is -2.31. The Balaban J connectivity index is 1.37. The standard InChI is InChI=1S/C19H24N4O2/c1-15-3-2-4-17(13-15)25-12-9-22-19(24)16-5-10-23(11-6-16)18-14-20-7-8-21-18/h2-4,7-8,13-14,16H,5-6,9-12H2,1H3,(H,22,24). The molecule has 1 saturated heterocycles. The van der Waals surface area contributed by atoms with Crippen molar-refractivity contribution in [2.45, 2.75) is 19.8 Å². The molecule has 0 bridgehead atoms. The van der Waals surface area contributed by atoms with Crippen LogP contribution in [0.2, 0.25) is 0 Å². The molecule has 0 aliphatic carbocycles. The van der Waals surface area contributed by atoms with E-state index in [-0.39, 0.29) is 11.8 Å². The summed E-state index contributed by atoms with van der Waals surface area (Å²) in [7, 11) is 0. The quantitative estimate of drug-likeness (QED) is 0.817. The van der Waals surface area contributed by atoms with E-state index in [0.717, 1.165) is 43.1 Å². The van der Waals surface area contributed by atoms with Gasteiger partial charge in [-0.3, -0.25) is 9.78 Å². The minimum Gasteiger partial charge on any atom is -0.492 e. The van der Waals surface area contributed by atoms with Crippen LogP contribution in [0.25, 0.3) is 0 Å². The monoisotopic (exact) mass is 340 g/mol. The number of amides is 1. The van der Waals surface area contributed by atoms with Gasteiger partial charge < -0.3 is 15.0 Å². The molecule has 6 nitrogen and oxygen atoms in total. The topological polar surface area (TPSA) is 67.3 Å². The maximum absolute atomic E-state index is 12.3. The van der Waals surface area contributed by atoms with E-state index in [1.807, 2.05) is 31.2 Å². The van der Waals surface area contributed by atoms with Gasteiger partial charge in [0.25, 0.3) is 0 Å². The first-order valence-electron chi connectivity index (χ1n) is 8.70. The zero-order valence-corrected chi connectivity index (χ0v) is 14.5. The Morgan fingerprint density at radius 3 is 2.88 bits per heavy atom. The molecule has 3 rings (SSSR count). The van der Waals surface area contributed by atoms with Gasteiger partial charge in [0, 0.05) is 31.4 Å². The van der Waals surface area contributed by atoms with E-state index in [0.29, 0.717) is 13.2 Å². The molecular formula is C19H24N4O2. The maximum atomic E-state index is 12.3. The van der Waals surface area contributed by atoms with Crippen molar-refractivity contribution in [3.8, 4) is 5.75 Å². The van der Waals surface area contributed by atoms with Crippen LogP contribution in [0, 0.1) is 12.8 Å². The first-order valence-corrected chi connectivity index (χ1v) is 8.70. The van der Waals surface area contributed by atoms with Gasteiger partial charge >= 0.3 is 0 Å². The second-order valence-electron chi connectivity index (χ2n) is 6.28. The van der Waals surface area contributed by atoms with Crippen molar-refractivity contribution in [2.24, 2.45) is 5.92 Å². The van der Waals surface area contributed by atoms with Gasteiger partial charge in [-0.2, -0.15) is 0 Å². The second kappa shape index (κ2) is 8.46. The molecule has 2 aromatic rings. The number of nitrogens with one attached hydrogen (secondary N) is 1. The second-order valence-corrected chi connectivity index (χ2v) is 6.28. The van der Waals surface area contributed by atoms with Crippen LogP contribution in [0.15, 0.2) is 42.9 Å². The highest BCUT2D eigenvalue weighted by atomic mass is 16.5. The smallest absolute Gasteiger partial charge is 0.223 e. The number of carbonyl (C=O) groups excluding carboxylic acids is 1. The Morgan fingerprint density at radius 1 is 1.32 bits per heavy atom. The van der Waals surface area contributed by atoms with Crippen LogP contribution >= 0.6 is 0 Å². The summed E-state index contributed by atoms with van der Waals surface area (Å²) in [5, 5.41) is 2.98. The summed E-state index contributed by atoms with van der Waals surface area (Å²) in [5.41, 5.74) is 1.16. The highest BCUT2D eigenvalue weighted by Gasteiger charge is 2.25. The highest BCUT2D eigenvalue weighted by Crippen LogP contribution is 2.21. The number of carbonyl (C=O) groups is 1. The SMILES string of the molecule is Cc1cccc(OCCNC(=O)C2CCN(c3cnccn3)CC2)c1. The summed E-state index contributed by atoms with van der Waals surface area (Å²) in [5.74, 6) is 1.90. The molecule has 0 radical (unpaired) electrons. The molecule has 2 heterocycles. The lowest BCUT2D eigenvalue weighted by molar-refractivity contribution is -0.125. The number of hydrogen-bond acceptors (Lipinski definition) is 5. The molecular weight excluding hydrogens is 316 g/mol. The summed E-state index contributed by atoms with van der Waals surface area (Å²) in [6.07, 6.45) is 6.80. The molecule has 1 aromatic carbocycles. The van der Waals surface area contributed by atoms with Crippen LogP contribution in [0.1, 0.15) is 18.4 Å². The van der Waals surface area contributed by atoms with Crippen molar-refractivity contribution < 1.29 is 9.53 Å². The van der Waals surface area contributed by atoms with Gasteiger partial charge in [-0.25, -0.2) is 4.98 Å². The summed E-state index contributed by atoms with van der Waals surface area (Å²) < 4.78 is 5.66. The van der Waals surface area contributed by atoms with Crippen LogP contribution in [0.4, 0.5) is 5.82 Å². The van der Waals surface area contributed by atoms with Crippen molar-refractivity contribution in [1.82, 2.24) is 15.3 Å². The zero-order valence-electron chi connectivity index (χ0n) is 14.5. The van der Waals surface area contributed by atoms with Crippen molar-refractivity contribution in [3.05, 3.63) is 48.4 Å². The Kier molecular flexibility index (Phi) is 5.82. The first-order chi connectivity index (χ1) is 12.2. The van der Waals surface area contributed by atoms with Crippen molar-refractivity contribution in [2.75, 3.05) is 31.1 Å². The number of benzene rings is 1.